The predicted octanol–water partition coefficient (Wildman–Crippen LogP) is 5.06. The Labute approximate surface area is 152 Å². The number of anilines is 2. The van der Waals surface area contributed by atoms with Crippen LogP contribution in [0.15, 0.2) is 30.3 Å². The lowest BCUT2D eigenvalue weighted by Gasteiger charge is -2.13. The summed E-state index contributed by atoms with van der Waals surface area (Å²) in [6, 6.07) is 9.11. The van der Waals surface area contributed by atoms with Crippen LogP contribution in [0.3, 0.4) is 0 Å². The minimum absolute atomic E-state index is 0.0907. The molecule has 0 saturated heterocycles. The number of hydrogen-bond acceptors (Lipinski definition) is 3. The third-order valence-corrected chi connectivity index (χ3v) is 4.42. The van der Waals surface area contributed by atoms with Crippen LogP contribution >= 0.6 is 23.2 Å². The molecule has 128 valence electrons. The molecule has 0 unspecified atom stereocenters. The van der Waals surface area contributed by atoms with E-state index in [9.17, 15) is 4.79 Å². The predicted molar refractivity (Wildman–Crippen MR) is 101 cm³/mol. The Hall–Kier alpha value is -1.91. The summed E-state index contributed by atoms with van der Waals surface area (Å²) in [5.41, 5.74) is 3.42. The van der Waals surface area contributed by atoms with E-state index in [0.29, 0.717) is 34.4 Å². The van der Waals surface area contributed by atoms with Gasteiger partial charge in [0, 0.05) is 34.8 Å². The lowest BCUT2D eigenvalue weighted by atomic mass is 10.2. The Morgan fingerprint density at radius 1 is 1.08 bits per heavy atom. The number of ether oxygens (including phenoxy) is 1. The lowest BCUT2D eigenvalue weighted by Crippen LogP contribution is -2.16. The topological polar surface area (TPSA) is 50.4 Å². The van der Waals surface area contributed by atoms with Gasteiger partial charge in [-0.15, -0.1) is 0 Å². The van der Waals surface area contributed by atoms with E-state index in [1.165, 1.54) is 0 Å². The maximum atomic E-state index is 12.0. The monoisotopic (exact) mass is 366 g/mol. The average molecular weight is 367 g/mol. The van der Waals surface area contributed by atoms with Gasteiger partial charge in [0.2, 0.25) is 5.91 Å². The molecule has 0 aliphatic rings. The minimum Gasteiger partial charge on any atom is -0.495 e. The fourth-order valence-electron chi connectivity index (χ4n) is 2.18. The molecule has 0 spiro atoms. The number of aryl methyl sites for hydroxylation is 2. The van der Waals surface area contributed by atoms with Gasteiger partial charge in [0.1, 0.15) is 5.75 Å². The number of methoxy groups -OCH3 is 1. The van der Waals surface area contributed by atoms with Gasteiger partial charge >= 0.3 is 0 Å². The average Bonchev–Trinajstić information content (AvgIpc) is 2.54. The Bertz CT molecular complexity index is 748. The zero-order valence-corrected chi connectivity index (χ0v) is 15.4. The maximum Gasteiger partial charge on any atom is 0.226 e. The fraction of sp³-hybridized carbons (Fsp3) is 0.278. The highest BCUT2D eigenvalue weighted by molar-refractivity contribution is 6.32. The Kier molecular flexibility index (Phi) is 6.35. The number of amides is 1. The van der Waals surface area contributed by atoms with Gasteiger partial charge in [0.15, 0.2) is 0 Å². The standard InChI is InChI=1S/C18H20Cl2N2O2/c1-11-4-5-13(9-14(11)19)22-18(23)6-7-21-16-8-12(2)15(20)10-17(16)24-3/h4-5,8-10,21H,6-7H2,1-3H3,(H,22,23). The molecule has 2 N–H and O–H groups in total. The molecule has 0 aliphatic heterocycles. The van der Waals surface area contributed by atoms with Gasteiger partial charge in [-0.3, -0.25) is 4.79 Å². The second kappa shape index (κ2) is 8.27. The zero-order valence-electron chi connectivity index (χ0n) is 13.9. The van der Waals surface area contributed by atoms with E-state index in [1.54, 1.807) is 19.2 Å². The summed E-state index contributed by atoms with van der Waals surface area (Å²) in [6.45, 7) is 4.31. The first kappa shape index (κ1) is 18.4. The molecule has 0 atom stereocenters. The highest BCUT2D eigenvalue weighted by atomic mass is 35.5. The zero-order chi connectivity index (χ0) is 17.7. The van der Waals surface area contributed by atoms with E-state index in [2.05, 4.69) is 10.6 Å². The molecule has 0 aliphatic carbocycles. The number of halogens is 2. The molecule has 2 aromatic carbocycles. The lowest BCUT2D eigenvalue weighted by molar-refractivity contribution is -0.115. The quantitative estimate of drug-likeness (QED) is 0.750. The SMILES string of the molecule is COc1cc(Cl)c(C)cc1NCCC(=O)Nc1ccc(C)c(Cl)c1. The largest absolute Gasteiger partial charge is 0.495 e. The Morgan fingerprint density at radius 3 is 2.46 bits per heavy atom. The minimum atomic E-state index is -0.0907. The van der Waals surface area contributed by atoms with E-state index < -0.39 is 0 Å². The molecule has 0 aromatic heterocycles. The summed E-state index contributed by atoms with van der Waals surface area (Å²) >= 11 is 12.1. The Balaban J connectivity index is 1.91. The van der Waals surface area contributed by atoms with Crippen molar-refractivity contribution >= 4 is 40.5 Å². The molecule has 0 heterocycles. The molecule has 0 fully saturated rings. The van der Waals surface area contributed by atoms with Crippen molar-refractivity contribution in [1.82, 2.24) is 0 Å². The van der Waals surface area contributed by atoms with Crippen LogP contribution in [0, 0.1) is 13.8 Å². The van der Waals surface area contributed by atoms with Crippen LogP contribution in [-0.4, -0.2) is 19.6 Å². The van der Waals surface area contributed by atoms with E-state index in [0.717, 1.165) is 16.8 Å². The van der Waals surface area contributed by atoms with E-state index in [1.807, 2.05) is 32.0 Å². The van der Waals surface area contributed by atoms with Crippen LogP contribution in [0.5, 0.6) is 5.75 Å². The van der Waals surface area contributed by atoms with Crippen molar-refractivity contribution in [2.24, 2.45) is 0 Å². The van der Waals surface area contributed by atoms with Crippen molar-refractivity contribution in [3.63, 3.8) is 0 Å². The number of nitrogens with one attached hydrogen (secondary N) is 2. The molecule has 6 heteroatoms. The summed E-state index contributed by atoms with van der Waals surface area (Å²) < 4.78 is 5.30. The maximum absolute atomic E-state index is 12.0. The number of rotatable bonds is 6. The van der Waals surface area contributed by atoms with Crippen molar-refractivity contribution in [3.8, 4) is 5.75 Å². The van der Waals surface area contributed by atoms with Gasteiger partial charge in [-0.25, -0.2) is 0 Å². The molecule has 2 aromatic rings. The van der Waals surface area contributed by atoms with Gasteiger partial charge in [-0.1, -0.05) is 29.3 Å². The van der Waals surface area contributed by atoms with Crippen molar-refractivity contribution in [3.05, 3.63) is 51.5 Å². The van der Waals surface area contributed by atoms with Gasteiger partial charge in [0.25, 0.3) is 0 Å². The molecule has 24 heavy (non-hydrogen) atoms. The van der Waals surface area contributed by atoms with Gasteiger partial charge < -0.3 is 15.4 Å². The number of hydrogen-bond donors (Lipinski definition) is 2. The smallest absolute Gasteiger partial charge is 0.226 e. The highest BCUT2D eigenvalue weighted by Crippen LogP contribution is 2.30. The summed E-state index contributed by atoms with van der Waals surface area (Å²) in [4.78, 5) is 12.0. The van der Waals surface area contributed by atoms with Crippen LogP contribution in [-0.2, 0) is 4.79 Å². The molecule has 0 radical (unpaired) electrons. The fourth-order valence-corrected chi connectivity index (χ4v) is 2.51. The van der Waals surface area contributed by atoms with E-state index in [-0.39, 0.29) is 5.91 Å². The molecule has 0 bridgehead atoms. The molecule has 1 amide bonds. The molecule has 4 nitrogen and oxygen atoms in total. The second-order valence-electron chi connectivity index (χ2n) is 5.49. The van der Waals surface area contributed by atoms with Crippen LogP contribution in [0.4, 0.5) is 11.4 Å². The van der Waals surface area contributed by atoms with E-state index in [4.69, 9.17) is 27.9 Å². The van der Waals surface area contributed by atoms with Crippen LogP contribution in [0.2, 0.25) is 10.0 Å². The molecular formula is C18H20Cl2N2O2. The summed E-state index contributed by atoms with van der Waals surface area (Å²) in [6.07, 6.45) is 0.316. The van der Waals surface area contributed by atoms with Crippen molar-refractivity contribution < 1.29 is 9.53 Å². The number of benzene rings is 2. The van der Waals surface area contributed by atoms with Gasteiger partial charge in [-0.2, -0.15) is 0 Å². The third-order valence-electron chi connectivity index (χ3n) is 3.60. The normalized spacial score (nSPS) is 10.4. The van der Waals surface area contributed by atoms with Crippen LogP contribution < -0.4 is 15.4 Å². The third kappa shape index (κ3) is 4.79. The van der Waals surface area contributed by atoms with Crippen molar-refractivity contribution in [1.29, 1.82) is 0 Å². The summed E-state index contributed by atoms with van der Waals surface area (Å²) in [5, 5.41) is 7.31. The van der Waals surface area contributed by atoms with Gasteiger partial charge in [0.05, 0.1) is 12.8 Å². The number of carbonyl (C=O) groups excluding carboxylic acids is 1. The summed E-state index contributed by atoms with van der Waals surface area (Å²) in [5.74, 6) is 0.559. The second-order valence-corrected chi connectivity index (χ2v) is 6.30. The first-order chi connectivity index (χ1) is 11.4. The summed E-state index contributed by atoms with van der Waals surface area (Å²) in [7, 11) is 1.58. The Morgan fingerprint density at radius 2 is 1.79 bits per heavy atom. The first-order valence-electron chi connectivity index (χ1n) is 7.54. The first-order valence-corrected chi connectivity index (χ1v) is 8.30. The molecular weight excluding hydrogens is 347 g/mol. The van der Waals surface area contributed by atoms with Gasteiger partial charge in [-0.05, 0) is 43.2 Å². The van der Waals surface area contributed by atoms with Crippen molar-refractivity contribution in [2.45, 2.75) is 20.3 Å². The van der Waals surface area contributed by atoms with Crippen molar-refractivity contribution in [2.75, 3.05) is 24.3 Å². The molecule has 0 saturated carbocycles. The van der Waals surface area contributed by atoms with Crippen LogP contribution in [0.25, 0.3) is 0 Å². The van der Waals surface area contributed by atoms with E-state index >= 15 is 0 Å². The van der Waals surface area contributed by atoms with Crippen LogP contribution in [0.1, 0.15) is 17.5 Å². The molecule has 2 rings (SSSR count). The number of carbonyl (C=O) groups is 1. The highest BCUT2D eigenvalue weighted by Gasteiger charge is 2.08.